The quantitative estimate of drug-likeness (QED) is 0.742. The molecule has 28 heavy (non-hydrogen) atoms. The third kappa shape index (κ3) is 4.59. The average Bonchev–Trinajstić information content (AvgIpc) is 2.71. The summed E-state index contributed by atoms with van der Waals surface area (Å²) in [7, 11) is 3.18. The lowest BCUT2D eigenvalue weighted by atomic mass is 9.75. The van der Waals surface area contributed by atoms with Gasteiger partial charge in [-0.05, 0) is 49.1 Å². The SMILES string of the molecule is COc1cc(Cl)c(CN2CCC[C@@](CO)(Cc3ccccc3F)C2)cc1OC. The fraction of sp³-hybridized carbons (Fsp3) is 0.455. The van der Waals surface area contributed by atoms with E-state index in [0.29, 0.717) is 41.6 Å². The minimum atomic E-state index is -0.358. The predicted octanol–water partition coefficient (Wildman–Crippen LogP) is 4.31. The van der Waals surface area contributed by atoms with Crippen LogP contribution in [0.5, 0.6) is 11.5 Å². The molecule has 1 N–H and O–H groups in total. The third-order valence-corrected chi connectivity index (χ3v) is 5.90. The Morgan fingerprint density at radius 1 is 1.14 bits per heavy atom. The van der Waals surface area contributed by atoms with Crippen molar-refractivity contribution in [2.45, 2.75) is 25.8 Å². The van der Waals surface area contributed by atoms with Crippen molar-refractivity contribution >= 4 is 11.6 Å². The molecular formula is C22H27ClFNO3. The van der Waals surface area contributed by atoms with Crippen molar-refractivity contribution in [2.24, 2.45) is 5.41 Å². The minimum Gasteiger partial charge on any atom is -0.493 e. The number of hydrogen-bond donors (Lipinski definition) is 1. The van der Waals surface area contributed by atoms with E-state index in [0.717, 1.165) is 24.9 Å². The van der Waals surface area contributed by atoms with E-state index in [-0.39, 0.29) is 17.8 Å². The van der Waals surface area contributed by atoms with E-state index in [1.807, 2.05) is 12.1 Å². The molecule has 4 nitrogen and oxygen atoms in total. The number of likely N-dealkylation sites (tertiary alicyclic amines) is 1. The van der Waals surface area contributed by atoms with Crippen LogP contribution in [0.1, 0.15) is 24.0 Å². The number of methoxy groups -OCH3 is 2. The van der Waals surface area contributed by atoms with E-state index in [1.165, 1.54) is 6.07 Å². The van der Waals surface area contributed by atoms with Crippen LogP contribution in [0.15, 0.2) is 36.4 Å². The number of aliphatic hydroxyl groups is 1. The highest BCUT2D eigenvalue weighted by molar-refractivity contribution is 6.31. The maximum Gasteiger partial charge on any atom is 0.162 e. The van der Waals surface area contributed by atoms with Crippen molar-refractivity contribution in [1.29, 1.82) is 0 Å². The van der Waals surface area contributed by atoms with Crippen LogP contribution in [-0.4, -0.2) is 43.9 Å². The van der Waals surface area contributed by atoms with Crippen molar-refractivity contribution in [2.75, 3.05) is 33.9 Å². The van der Waals surface area contributed by atoms with Gasteiger partial charge in [0.2, 0.25) is 0 Å². The maximum atomic E-state index is 14.2. The number of halogens is 2. The van der Waals surface area contributed by atoms with E-state index in [1.54, 1.807) is 32.4 Å². The number of benzene rings is 2. The molecule has 0 spiro atoms. The Morgan fingerprint density at radius 3 is 2.54 bits per heavy atom. The molecule has 6 heteroatoms. The van der Waals surface area contributed by atoms with Gasteiger partial charge in [0.15, 0.2) is 11.5 Å². The second-order valence-corrected chi connectivity index (χ2v) is 7.95. The molecule has 0 aromatic heterocycles. The number of rotatable bonds is 7. The van der Waals surface area contributed by atoms with Gasteiger partial charge >= 0.3 is 0 Å². The van der Waals surface area contributed by atoms with Gasteiger partial charge < -0.3 is 14.6 Å². The fourth-order valence-electron chi connectivity index (χ4n) is 4.08. The first kappa shape index (κ1) is 20.9. The molecule has 3 rings (SSSR count). The molecule has 1 aliphatic heterocycles. The molecule has 2 aromatic rings. The Labute approximate surface area is 170 Å². The van der Waals surface area contributed by atoms with Gasteiger partial charge in [-0.2, -0.15) is 0 Å². The first-order chi connectivity index (χ1) is 13.5. The van der Waals surface area contributed by atoms with E-state index in [9.17, 15) is 9.50 Å². The molecule has 152 valence electrons. The summed E-state index contributed by atoms with van der Waals surface area (Å²) < 4.78 is 24.9. The van der Waals surface area contributed by atoms with Crippen LogP contribution >= 0.6 is 11.6 Å². The summed E-state index contributed by atoms with van der Waals surface area (Å²) in [4.78, 5) is 2.27. The first-order valence-corrected chi connectivity index (χ1v) is 9.85. The summed E-state index contributed by atoms with van der Waals surface area (Å²) in [5.41, 5.74) is 1.24. The van der Waals surface area contributed by atoms with E-state index >= 15 is 0 Å². The molecule has 0 radical (unpaired) electrons. The lowest BCUT2D eigenvalue weighted by Gasteiger charge is -2.42. The van der Waals surface area contributed by atoms with Crippen molar-refractivity contribution in [1.82, 2.24) is 4.90 Å². The Kier molecular flexibility index (Phi) is 6.81. The standard InChI is InChI=1S/C22H27ClFNO3/c1-27-20-10-17(18(23)11-21(20)28-2)13-25-9-5-8-22(14-25,15-26)12-16-6-3-4-7-19(16)24/h3-4,6-7,10-11,26H,5,8-9,12-15H2,1-2H3/t22-/m1/s1. The Morgan fingerprint density at radius 2 is 1.86 bits per heavy atom. The molecule has 2 aromatic carbocycles. The highest BCUT2D eigenvalue weighted by atomic mass is 35.5. The van der Waals surface area contributed by atoms with Crippen molar-refractivity contribution in [3.8, 4) is 11.5 Å². The molecule has 1 saturated heterocycles. The monoisotopic (exact) mass is 407 g/mol. The zero-order valence-electron chi connectivity index (χ0n) is 16.4. The van der Waals surface area contributed by atoms with Crippen molar-refractivity contribution < 1.29 is 19.0 Å². The zero-order chi connectivity index (χ0) is 20.1. The first-order valence-electron chi connectivity index (χ1n) is 9.47. The van der Waals surface area contributed by atoms with E-state index in [2.05, 4.69) is 4.90 Å². The molecular weight excluding hydrogens is 381 g/mol. The molecule has 1 atom stereocenters. The highest BCUT2D eigenvalue weighted by Crippen LogP contribution is 2.37. The molecule has 1 heterocycles. The van der Waals surface area contributed by atoms with Gasteiger partial charge in [0.1, 0.15) is 5.82 Å². The predicted molar refractivity (Wildman–Crippen MR) is 109 cm³/mol. The largest absolute Gasteiger partial charge is 0.493 e. The van der Waals surface area contributed by atoms with Crippen LogP contribution < -0.4 is 9.47 Å². The Balaban J connectivity index is 1.78. The van der Waals surface area contributed by atoms with E-state index in [4.69, 9.17) is 21.1 Å². The summed E-state index contributed by atoms with van der Waals surface area (Å²) in [5, 5.41) is 10.8. The number of aliphatic hydroxyl groups excluding tert-OH is 1. The lowest BCUT2D eigenvalue weighted by Crippen LogP contribution is -2.46. The van der Waals surface area contributed by atoms with Crippen LogP contribution in [-0.2, 0) is 13.0 Å². The topological polar surface area (TPSA) is 41.9 Å². The molecule has 1 aliphatic rings. The smallest absolute Gasteiger partial charge is 0.162 e. The maximum absolute atomic E-state index is 14.2. The number of nitrogens with zero attached hydrogens (tertiary/aromatic N) is 1. The van der Waals surface area contributed by atoms with Crippen LogP contribution in [0, 0.1) is 11.2 Å². The normalized spacial score (nSPS) is 20.2. The van der Waals surface area contributed by atoms with Gasteiger partial charge in [-0.25, -0.2) is 4.39 Å². The number of ether oxygens (including phenoxy) is 2. The molecule has 0 saturated carbocycles. The fourth-order valence-corrected chi connectivity index (χ4v) is 4.29. The Hall–Kier alpha value is -1.82. The zero-order valence-corrected chi connectivity index (χ0v) is 17.1. The van der Waals surface area contributed by atoms with Crippen LogP contribution in [0.4, 0.5) is 4.39 Å². The third-order valence-electron chi connectivity index (χ3n) is 5.55. The average molecular weight is 408 g/mol. The van der Waals surface area contributed by atoms with Gasteiger partial charge in [0, 0.05) is 29.6 Å². The molecule has 0 amide bonds. The van der Waals surface area contributed by atoms with Crippen LogP contribution in [0.25, 0.3) is 0 Å². The van der Waals surface area contributed by atoms with Gasteiger partial charge in [0.05, 0.1) is 20.8 Å². The summed E-state index contributed by atoms with van der Waals surface area (Å²) in [6, 6.07) is 10.5. The molecule has 0 aliphatic carbocycles. The van der Waals surface area contributed by atoms with Gasteiger partial charge in [0.25, 0.3) is 0 Å². The molecule has 1 fully saturated rings. The van der Waals surface area contributed by atoms with Crippen molar-refractivity contribution in [3.63, 3.8) is 0 Å². The minimum absolute atomic E-state index is 0.0253. The van der Waals surface area contributed by atoms with Crippen LogP contribution in [0.2, 0.25) is 5.02 Å². The summed E-state index contributed by atoms with van der Waals surface area (Å²) in [6.07, 6.45) is 2.33. The van der Waals surface area contributed by atoms with Crippen LogP contribution in [0.3, 0.4) is 0 Å². The summed E-state index contributed by atoms with van der Waals surface area (Å²) in [6.45, 7) is 2.25. The lowest BCUT2D eigenvalue weighted by molar-refractivity contribution is 0.0283. The van der Waals surface area contributed by atoms with Gasteiger partial charge in [-0.3, -0.25) is 4.90 Å². The summed E-state index contributed by atoms with van der Waals surface area (Å²) >= 11 is 6.45. The summed E-state index contributed by atoms with van der Waals surface area (Å²) in [5.74, 6) is 1.02. The second-order valence-electron chi connectivity index (χ2n) is 7.54. The number of hydrogen-bond acceptors (Lipinski definition) is 4. The van der Waals surface area contributed by atoms with Gasteiger partial charge in [-0.15, -0.1) is 0 Å². The van der Waals surface area contributed by atoms with Gasteiger partial charge in [-0.1, -0.05) is 29.8 Å². The Bertz CT molecular complexity index is 816. The molecule has 0 unspecified atom stereocenters. The molecule has 0 bridgehead atoms. The number of piperidine rings is 1. The van der Waals surface area contributed by atoms with Crippen molar-refractivity contribution in [3.05, 3.63) is 58.4 Å². The highest BCUT2D eigenvalue weighted by Gasteiger charge is 2.36. The second kappa shape index (κ2) is 9.12. The van der Waals surface area contributed by atoms with E-state index < -0.39 is 0 Å².